The van der Waals surface area contributed by atoms with Crippen LogP contribution in [0.5, 0.6) is 5.75 Å². The molecule has 2 aliphatic rings. The van der Waals surface area contributed by atoms with Crippen molar-refractivity contribution in [1.82, 2.24) is 25.2 Å². The number of alkyl halides is 1. The van der Waals surface area contributed by atoms with Gasteiger partial charge in [-0.3, -0.25) is 4.79 Å². The van der Waals surface area contributed by atoms with Crippen molar-refractivity contribution in [2.45, 2.75) is 44.0 Å². The largest absolute Gasteiger partial charge is 0.497 e. The van der Waals surface area contributed by atoms with Crippen molar-refractivity contribution >= 4 is 28.5 Å². The molecule has 10 nitrogen and oxygen atoms in total. The average Bonchev–Trinajstić information content (AvgIpc) is 3.69. The monoisotopic (exact) mass is 626 g/mol. The summed E-state index contributed by atoms with van der Waals surface area (Å²) in [5, 5.41) is 18.2. The lowest BCUT2D eigenvalue weighted by Crippen LogP contribution is -2.35. The van der Waals surface area contributed by atoms with Crippen molar-refractivity contribution in [2.24, 2.45) is 0 Å². The number of halogens is 1. The Kier molecular flexibility index (Phi) is 8.73. The number of amides is 1. The highest BCUT2D eigenvalue weighted by Gasteiger charge is 2.45. The van der Waals surface area contributed by atoms with Crippen LogP contribution in [-0.2, 0) is 20.8 Å². The highest BCUT2D eigenvalue weighted by atomic mass is 32.1. The van der Waals surface area contributed by atoms with Crippen LogP contribution in [0.15, 0.2) is 71.3 Å². The fraction of sp³-hybridized carbons (Fsp3) is 0.303. The van der Waals surface area contributed by atoms with Gasteiger partial charge < -0.3 is 19.5 Å². The topological polar surface area (TPSA) is 113 Å². The van der Waals surface area contributed by atoms with E-state index in [0.29, 0.717) is 23.7 Å². The Morgan fingerprint density at radius 3 is 2.67 bits per heavy atom. The van der Waals surface area contributed by atoms with Gasteiger partial charge in [0.1, 0.15) is 17.1 Å². The molecule has 1 amide bonds. The van der Waals surface area contributed by atoms with Crippen LogP contribution in [0.2, 0.25) is 0 Å². The number of thiazole rings is 1. The number of benzene rings is 2. The molecule has 2 aromatic heterocycles. The molecule has 1 N–H and O–H groups in total. The van der Waals surface area contributed by atoms with Gasteiger partial charge in [-0.15, -0.1) is 21.5 Å². The molecule has 2 heterocycles. The molecule has 0 spiro atoms. The van der Waals surface area contributed by atoms with Crippen LogP contribution in [0.25, 0.3) is 5.57 Å². The molecule has 0 aliphatic heterocycles. The standard InChI is InChI=1S/C33H31FN6O4S/c1-42-26-13-10-22(11-14-26)19-40-38-31(37-39-40)30-28(43-2)17-24(18-33(30,34)44-3)32(41)35-25-9-4-6-21(16-25)12-15-29-36-27(20-45-29)23-7-5-8-23/h4,6,9-11,13-14,16-17,20,23H,5,7-8,18-19H2,1-3H3,(H,35,41). The molecule has 1 fully saturated rings. The van der Waals surface area contributed by atoms with Crippen molar-refractivity contribution in [3.63, 3.8) is 0 Å². The van der Waals surface area contributed by atoms with Crippen molar-refractivity contribution < 1.29 is 23.4 Å². The van der Waals surface area contributed by atoms with Gasteiger partial charge in [0.2, 0.25) is 11.7 Å². The second-order valence-electron chi connectivity index (χ2n) is 10.7. The Bertz CT molecular complexity index is 1830. The Labute approximate surface area is 263 Å². The third-order valence-electron chi connectivity index (χ3n) is 7.82. The normalized spacial score (nSPS) is 18.0. The summed E-state index contributed by atoms with van der Waals surface area (Å²) in [4.78, 5) is 19.3. The maximum atomic E-state index is 16.4. The van der Waals surface area contributed by atoms with Crippen LogP contribution in [-0.4, -0.2) is 58.3 Å². The van der Waals surface area contributed by atoms with Gasteiger partial charge in [-0.2, -0.15) is 4.80 Å². The number of nitrogens with zero attached hydrogens (tertiary/aromatic N) is 5. The molecular formula is C33H31FN6O4S. The summed E-state index contributed by atoms with van der Waals surface area (Å²) in [6, 6.07) is 14.6. The van der Waals surface area contributed by atoms with Crippen LogP contribution in [0.4, 0.5) is 10.1 Å². The number of carbonyl (C=O) groups excluding carboxylic acids is 1. The predicted octanol–water partition coefficient (Wildman–Crippen LogP) is 5.49. The van der Waals surface area contributed by atoms with Crippen LogP contribution < -0.4 is 10.1 Å². The maximum Gasteiger partial charge on any atom is 0.251 e. The summed E-state index contributed by atoms with van der Waals surface area (Å²) in [5.74, 6) is 4.63. The average molecular weight is 627 g/mol. The molecular weight excluding hydrogens is 595 g/mol. The van der Waals surface area contributed by atoms with Gasteiger partial charge in [-0.1, -0.05) is 30.5 Å². The molecule has 230 valence electrons. The Morgan fingerprint density at radius 2 is 1.96 bits per heavy atom. The summed E-state index contributed by atoms with van der Waals surface area (Å²) in [6.45, 7) is 0.303. The van der Waals surface area contributed by atoms with Crippen molar-refractivity contribution in [1.29, 1.82) is 0 Å². The fourth-order valence-corrected chi connectivity index (χ4v) is 5.85. The van der Waals surface area contributed by atoms with E-state index in [1.54, 1.807) is 36.6 Å². The highest BCUT2D eigenvalue weighted by Crippen LogP contribution is 2.42. The minimum atomic E-state index is -2.44. The molecule has 2 aliphatic carbocycles. The Hall–Kier alpha value is -4.86. The molecule has 45 heavy (non-hydrogen) atoms. The van der Waals surface area contributed by atoms with Crippen LogP contribution in [0.1, 0.15) is 59.3 Å². The molecule has 0 saturated heterocycles. The second-order valence-corrected chi connectivity index (χ2v) is 11.6. The minimum Gasteiger partial charge on any atom is -0.497 e. The minimum absolute atomic E-state index is 0.00765. The predicted molar refractivity (Wildman–Crippen MR) is 167 cm³/mol. The van der Waals surface area contributed by atoms with Crippen LogP contribution in [0, 0.1) is 11.8 Å². The number of methoxy groups -OCH3 is 3. The molecule has 1 unspecified atom stereocenters. The maximum absolute atomic E-state index is 16.4. The van der Waals surface area contributed by atoms with E-state index in [1.165, 1.54) is 44.4 Å². The SMILES string of the molecule is COC1=C(c2nnn(Cc3ccc(OC)cc3)n2)C(F)(OC)CC(C(=O)Nc2cccc(C#Cc3nc(C4CCC4)cs3)c2)=C1. The number of allylic oxidation sites excluding steroid dienone is 1. The van der Waals surface area contributed by atoms with E-state index in [2.05, 4.69) is 42.9 Å². The zero-order valence-corrected chi connectivity index (χ0v) is 25.9. The van der Waals surface area contributed by atoms with Gasteiger partial charge in [-0.05, 0) is 65.9 Å². The number of rotatable bonds is 9. The number of ether oxygens (including phenoxy) is 3. The van der Waals surface area contributed by atoms with Crippen LogP contribution in [0.3, 0.4) is 0 Å². The van der Waals surface area contributed by atoms with E-state index in [4.69, 9.17) is 14.2 Å². The van der Waals surface area contributed by atoms with Crippen molar-refractivity contribution in [3.8, 4) is 17.6 Å². The first kappa shape index (κ1) is 30.2. The van der Waals surface area contributed by atoms with Crippen molar-refractivity contribution in [2.75, 3.05) is 26.6 Å². The second kappa shape index (κ2) is 13.0. The van der Waals surface area contributed by atoms with Gasteiger partial charge in [0, 0.05) is 41.7 Å². The first-order chi connectivity index (χ1) is 21.9. The first-order valence-corrected chi connectivity index (χ1v) is 15.3. The van der Waals surface area contributed by atoms with Crippen molar-refractivity contribution in [3.05, 3.63) is 99.0 Å². The first-order valence-electron chi connectivity index (χ1n) is 14.4. The van der Waals surface area contributed by atoms with Gasteiger partial charge >= 0.3 is 0 Å². The van der Waals surface area contributed by atoms with E-state index < -0.39 is 18.2 Å². The van der Waals surface area contributed by atoms with E-state index >= 15 is 4.39 Å². The summed E-state index contributed by atoms with van der Waals surface area (Å²) >= 11 is 1.54. The molecule has 2 aromatic carbocycles. The molecule has 12 heteroatoms. The van der Waals surface area contributed by atoms with E-state index in [1.807, 2.05) is 30.3 Å². The number of nitrogens with one attached hydrogen (secondary N) is 1. The summed E-state index contributed by atoms with van der Waals surface area (Å²) in [6.07, 6.45) is 4.72. The fourth-order valence-electron chi connectivity index (χ4n) is 5.11. The summed E-state index contributed by atoms with van der Waals surface area (Å²) < 4.78 is 32.4. The number of anilines is 1. The number of hydrogen-bond acceptors (Lipinski definition) is 9. The van der Waals surface area contributed by atoms with E-state index in [-0.39, 0.29) is 22.7 Å². The lowest BCUT2D eigenvalue weighted by Gasteiger charge is -2.30. The van der Waals surface area contributed by atoms with E-state index in [0.717, 1.165) is 22.0 Å². The molecule has 1 atom stereocenters. The van der Waals surface area contributed by atoms with Crippen LogP contribution >= 0.6 is 11.3 Å². The van der Waals surface area contributed by atoms with Gasteiger partial charge in [0.25, 0.3) is 5.91 Å². The smallest absolute Gasteiger partial charge is 0.251 e. The third kappa shape index (κ3) is 6.64. The number of aromatic nitrogens is 5. The number of carbonyl (C=O) groups is 1. The number of tetrazole rings is 1. The highest BCUT2D eigenvalue weighted by molar-refractivity contribution is 7.10. The molecule has 1 saturated carbocycles. The third-order valence-corrected chi connectivity index (χ3v) is 8.59. The molecule has 4 aromatic rings. The Balaban J connectivity index is 1.19. The molecule has 0 radical (unpaired) electrons. The number of hydrogen-bond donors (Lipinski definition) is 1. The zero-order valence-electron chi connectivity index (χ0n) is 25.0. The van der Waals surface area contributed by atoms with Gasteiger partial charge in [-0.25, -0.2) is 9.37 Å². The lowest BCUT2D eigenvalue weighted by atomic mass is 9.83. The molecule has 6 rings (SSSR count). The van der Waals surface area contributed by atoms with Gasteiger partial charge in [0.05, 0.1) is 26.5 Å². The summed E-state index contributed by atoms with van der Waals surface area (Å²) in [7, 11) is 4.19. The Morgan fingerprint density at radius 1 is 1.13 bits per heavy atom. The lowest BCUT2D eigenvalue weighted by molar-refractivity contribution is -0.115. The van der Waals surface area contributed by atoms with E-state index in [9.17, 15) is 4.79 Å². The van der Waals surface area contributed by atoms with Gasteiger partial charge in [0.15, 0.2) is 5.01 Å². The summed E-state index contributed by atoms with van der Waals surface area (Å²) in [5.41, 5.74) is 3.32. The molecule has 0 bridgehead atoms. The quantitative estimate of drug-likeness (QED) is 0.243. The zero-order chi connectivity index (χ0) is 31.4.